The second-order valence-corrected chi connectivity index (χ2v) is 7.57. The van der Waals surface area contributed by atoms with Crippen LogP contribution >= 0.6 is 0 Å². The van der Waals surface area contributed by atoms with E-state index in [1.807, 2.05) is 48.5 Å². The molecule has 170 valence electrons. The standard InChI is InChI=1S/C23H24F2N2O5/c1-27(11-10-21(29)30)20(28)12-19(22(24)25)26-23(31)32-13-18-16-8-4-2-6-14(16)15-7-3-5-9-17(15)18/h2-9,18-19,22H,10-13H2,1H3,(H,26,31)(H,29,30). The van der Waals surface area contributed by atoms with Crippen LogP contribution in [0, 0.1) is 0 Å². The van der Waals surface area contributed by atoms with Crippen LogP contribution in [0.5, 0.6) is 0 Å². The minimum Gasteiger partial charge on any atom is -0.481 e. The fourth-order valence-corrected chi connectivity index (χ4v) is 3.73. The monoisotopic (exact) mass is 446 g/mol. The molecule has 0 radical (unpaired) electrons. The molecular formula is C23H24F2N2O5. The zero-order valence-corrected chi connectivity index (χ0v) is 17.5. The first-order chi connectivity index (χ1) is 15.3. The van der Waals surface area contributed by atoms with E-state index in [2.05, 4.69) is 5.32 Å². The lowest BCUT2D eigenvalue weighted by molar-refractivity contribution is -0.138. The third kappa shape index (κ3) is 5.40. The van der Waals surface area contributed by atoms with Gasteiger partial charge in [0.1, 0.15) is 12.6 Å². The van der Waals surface area contributed by atoms with E-state index < -0.39 is 36.9 Å². The van der Waals surface area contributed by atoms with Crippen LogP contribution in [-0.2, 0) is 14.3 Å². The number of alkyl carbamates (subject to hydrolysis) is 1. The molecule has 1 aliphatic carbocycles. The summed E-state index contributed by atoms with van der Waals surface area (Å²) in [5.74, 6) is -2.02. The zero-order valence-electron chi connectivity index (χ0n) is 17.5. The van der Waals surface area contributed by atoms with Crippen molar-refractivity contribution in [1.29, 1.82) is 0 Å². The van der Waals surface area contributed by atoms with Crippen LogP contribution in [0.1, 0.15) is 29.9 Å². The number of fused-ring (bicyclic) bond motifs is 3. The molecule has 2 N–H and O–H groups in total. The summed E-state index contributed by atoms with van der Waals surface area (Å²) in [4.78, 5) is 36.0. The van der Waals surface area contributed by atoms with Gasteiger partial charge in [0.15, 0.2) is 0 Å². The highest BCUT2D eigenvalue weighted by Crippen LogP contribution is 2.44. The van der Waals surface area contributed by atoms with E-state index in [1.165, 1.54) is 7.05 Å². The summed E-state index contributed by atoms with van der Waals surface area (Å²) in [5, 5.41) is 10.7. The van der Waals surface area contributed by atoms with Crippen molar-refractivity contribution in [3.63, 3.8) is 0 Å². The van der Waals surface area contributed by atoms with E-state index in [4.69, 9.17) is 9.84 Å². The van der Waals surface area contributed by atoms with E-state index in [0.29, 0.717) is 0 Å². The first kappa shape index (κ1) is 23.2. The van der Waals surface area contributed by atoms with Crippen molar-refractivity contribution < 1.29 is 33.0 Å². The molecular weight excluding hydrogens is 422 g/mol. The number of carbonyl (C=O) groups excluding carboxylic acids is 2. The van der Waals surface area contributed by atoms with Crippen LogP contribution in [0.4, 0.5) is 13.6 Å². The van der Waals surface area contributed by atoms with Crippen molar-refractivity contribution in [3.05, 3.63) is 59.7 Å². The van der Waals surface area contributed by atoms with Gasteiger partial charge < -0.3 is 20.1 Å². The quantitative estimate of drug-likeness (QED) is 0.615. The molecule has 0 aliphatic heterocycles. The maximum absolute atomic E-state index is 13.4. The van der Waals surface area contributed by atoms with Crippen molar-refractivity contribution >= 4 is 18.0 Å². The van der Waals surface area contributed by atoms with Crippen molar-refractivity contribution in [2.45, 2.75) is 31.2 Å². The van der Waals surface area contributed by atoms with Gasteiger partial charge in [-0.25, -0.2) is 13.6 Å². The van der Waals surface area contributed by atoms with Crippen LogP contribution in [0.15, 0.2) is 48.5 Å². The molecule has 0 fully saturated rings. The predicted octanol–water partition coefficient (Wildman–Crippen LogP) is 3.48. The number of benzene rings is 2. The molecule has 3 rings (SSSR count). The number of rotatable bonds is 9. The third-order valence-electron chi connectivity index (χ3n) is 5.43. The fraction of sp³-hybridized carbons (Fsp3) is 0.348. The van der Waals surface area contributed by atoms with E-state index in [1.54, 1.807) is 0 Å². The van der Waals surface area contributed by atoms with E-state index in [9.17, 15) is 23.2 Å². The number of carboxylic acid groups (broad SMARTS) is 1. The molecule has 2 aromatic carbocycles. The Hall–Kier alpha value is -3.49. The molecule has 7 nitrogen and oxygen atoms in total. The van der Waals surface area contributed by atoms with Crippen LogP contribution in [0.25, 0.3) is 11.1 Å². The van der Waals surface area contributed by atoms with Crippen molar-refractivity contribution in [2.75, 3.05) is 20.2 Å². The third-order valence-corrected chi connectivity index (χ3v) is 5.43. The van der Waals surface area contributed by atoms with Crippen molar-refractivity contribution in [1.82, 2.24) is 10.2 Å². The zero-order chi connectivity index (χ0) is 23.3. The summed E-state index contributed by atoms with van der Waals surface area (Å²) >= 11 is 0. The Labute approximate surface area is 184 Å². The molecule has 0 saturated heterocycles. The van der Waals surface area contributed by atoms with Crippen LogP contribution in [0.2, 0.25) is 0 Å². The number of hydrogen-bond donors (Lipinski definition) is 2. The lowest BCUT2D eigenvalue weighted by Crippen LogP contribution is -2.44. The number of alkyl halides is 2. The Kier molecular flexibility index (Phi) is 7.40. The Balaban J connectivity index is 1.59. The van der Waals surface area contributed by atoms with Gasteiger partial charge in [0.2, 0.25) is 5.91 Å². The van der Waals surface area contributed by atoms with Gasteiger partial charge in [-0.05, 0) is 22.3 Å². The molecule has 32 heavy (non-hydrogen) atoms. The summed E-state index contributed by atoms with van der Waals surface area (Å²) in [6.07, 6.45) is -5.01. The van der Waals surface area contributed by atoms with Crippen molar-refractivity contribution in [3.8, 4) is 11.1 Å². The summed E-state index contributed by atoms with van der Waals surface area (Å²) in [7, 11) is 1.32. The molecule has 1 unspecified atom stereocenters. The molecule has 0 spiro atoms. The Morgan fingerprint density at radius 3 is 2.16 bits per heavy atom. The highest BCUT2D eigenvalue weighted by atomic mass is 19.3. The normalized spacial score (nSPS) is 13.2. The first-order valence-electron chi connectivity index (χ1n) is 10.1. The molecule has 0 aromatic heterocycles. The summed E-state index contributed by atoms with van der Waals surface area (Å²) < 4.78 is 32.1. The lowest BCUT2D eigenvalue weighted by Gasteiger charge is -2.22. The Bertz CT molecular complexity index is 952. The molecule has 1 aliphatic rings. The molecule has 2 aromatic rings. The number of aliphatic carboxylic acids is 1. The van der Waals surface area contributed by atoms with Crippen LogP contribution in [0.3, 0.4) is 0 Å². The number of hydrogen-bond acceptors (Lipinski definition) is 4. The van der Waals surface area contributed by atoms with Crippen LogP contribution in [-0.4, -0.2) is 60.6 Å². The minimum absolute atomic E-state index is 0.0394. The summed E-state index contributed by atoms with van der Waals surface area (Å²) in [6, 6.07) is 13.7. The maximum Gasteiger partial charge on any atom is 0.407 e. The maximum atomic E-state index is 13.4. The average Bonchev–Trinajstić information content (AvgIpc) is 3.09. The number of amides is 2. The number of carbonyl (C=O) groups is 3. The molecule has 0 heterocycles. The number of nitrogens with zero attached hydrogens (tertiary/aromatic N) is 1. The highest BCUT2D eigenvalue weighted by molar-refractivity contribution is 5.80. The summed E-state index contributed by atoms with van der Waals surface area (Å²) in [5.41, 5.74) is 4.06. The number of halogens is 2. The second-order valence-electron chi connectivity index (χ2n) is 7.57. The van der Waals surface area contributed by atoms with Gasteiger partial charge in [0, 0.05) is 19.5 Å². The second kappa shape index (κ2) is 10.2. The van der Waals surface area contributed by atoms with E-state index in [0.717, 1.165) is 27.2 Å². The Morgan fingerprint density at radius 2 is 1.62 bits per heavy atom. The molecule has 9 heteroatoms. The number of carboxylic acids is 1. The molecule has 0 bridgehead atoms. The van der Waals surface area contributed by atoms with Gasteiger partial charge >= 0.3 is 12.1 Å². The smallest absolute Gasteiger partial charge is 0.407 e. The van der Waals surface area contributed by atoms with Crippen LogP contribution < -0.4 is 5.32 Å². The molecule has 1 atom stereocenters. The average molecular weight is 446 g/mol. The van der Waals surface area contributed by atoms with E-state index >= 15 is 0 Å². The SMILES string of the molecule is CN(CCC(=O)O)C(=O)CC(NC(=O)OCC1c2ccccc2-c2ccccc21)C(F)F. The van der Waals surface area contributed by atoms with Gasteiger partial charge in [-0.2, -0.15) is 0 Å². The lowest BCUT2D eigenvalue weighted by atomic mass is 9.98. The predicted molar refractivity (Wildman–Crippen MR) is 113 cm³/mol. The largest absolute Gasteiger partial charge is 0.481 e. The fourth-order valence-electron chi connectivity index (χ4n) is 3.73. The van der Waals surface area contributed by atoms with Gasteiger partial charge in [0.05, 0.1) is 12.8 Å². The van der Waals surface area contributed by atoms with Crippen molar-refractivity contribution in [2.24, 2.45) is 0 Å². The minimum atomic E-state index is -2.99. The number of nitrogens with one attached hydrogen (secondary N) is 1. The van der Waals surface area contributed by atoms with Gasteiger partial charge in [0.25, 0.3) is 6.43 Å². The van der Waals surface area contributed by atoms with Gasteiger partial charge in [-0.1, -0.05) is 48.5 Å². The van der Waals surface area contributed by atoms with Gasteiger partial charge in [-0.15, -0.1) is 0 Å². The molecule has 2 amide bonds. The molecule has 0 saturated carbocycles. The highest BCUT2D eigenvalue weighted by Gasteiger charge is 2.31. The van der Waals surface area contributed by atoms with Gasteiger partial charge in [-0.3, -0.25) is 9.59 Å². The topological polar surface area (TPSA) is 95.9 Å². The van der Waals surface area contributed by atoms with E-state index in [-0.39, 0.29) is 25.5 Å². The summed E-state index contributed by atoms with van der Waals surface area (Å²) in [6.45, 7) is -0.155. The first-order valence-corrected chi connectivity index (χ1v) is 10.1. The Morgan fingerprint density at radius 1 is 1.06 bits per heavy atom. The number of ether oxygens (including phenoxy) is 1.